The molecule has 2 aromatic rings. The molecule has 0 aliphatic carbocycles. The average molecular weight is 381 g/mol. The highest BCUT2D eigenvalue weighted by molar-refractivity contribution is 7.92. The summed E-state index contributed by atoms with van der Waals surface area (Å²) in [6.07, 6.45) is 0.871. The van der Waals surface area contributed by atoms with Crippen molar-refractivity contribution in [2.75, 3.05) is 29.5 Å². The lowest BCUT2D eigenvalue weighted by Crippen LogP contribution is -2.33. The van der Waals surface area contributed by atoms with E-state index in [-0.39, 0.29) is 30.0 Å². The van der Waals surface area contributed by atoms with Crippen molar-refractivity contribution in [3.8, 4) is 0 Å². The van der Waals surface area contributed by atoms with E-state index < -0.39 is 21.9 Å². The van der Waals surface area contributed by atoms with E-state index in [2.05, 4.69) is 15.2 Å². The smallest absolute Gasteiger partial charge is 0.339 e. The highest BCUT2D eigenvalue weighted by atomic mass is 32.2. The van der Waals surface area contributed by atoms with Gasteiger partial charge in [0.25, 0.3) is 0 Å². The second-order valence-corrected chi connectivity index (χ2v) is 7.37. The summed E-state index contributed by atoms with van der Waals surface area (Å²) in [4.78, 5) is 23.9. The Morgan fingerprint density at radius 1 is 1.31 bits per heavy atom. The number of hydrogen-bond acceptors (Lipinski definition) is 7. The molecule has 0 fully saturated rings. The van der Waals surface area contributed by atoms with Crippen LogP contribution in [0.3, 0.4) is 0 Å². The number of benzene rings is 1. The normalized spacial score (nSPS) is 11.0. The summed E-state index contributed by atoms with van der Waals surface area (Å²) in [6, 6.07) is 7.83. The molecule has 0 spiro atoms. The van der Waals surface area contributed by atoms with E-state index >= 15 is 0 Å². The zero-order chi connectivity index (χ0) is 19.3. The summed E-state index contributed by atoms with van der Waals surface area (Å²) in [5.41, 5.74) is 0.489. The maximum atomic E-state index is 12.2. The van der Waals surface area contributed by atoms with Crippen LogP contribution in [0.1, 0.15) is 22.5 Å². The number of sulfonamides is 1. The van der Waals surface area contributed by atoms with Crippen molar-refractivity contribution in [1.82, 2.24) is 5.16 Å². The van der Waals surface area contributed by atoms with Crippen molar-refractivity contribution in [1.29, 1.82) is 0 Å². The minimum atomic E-state index is -3.64. The van der Waals surface area contributed by atoms with Gasteiger partial charge < -0.3 is 14.6 Å². The molecule has 1 heterocycles. The van der Waals surface area contributed by atoms with Crippen LogP contribution in [0, 0.1) is 6.92 Å². The van der Waals surface area contributed by atoms with Crippen LogP contribution >= 0.6 is 0 Å². The van der Waals surface area contributed by atoms with Crippen LogP contribution in [0.4, 0.5) is 11.5 Å². The molecular formula is C16H19N3O6S. The van der Waals surface area contributed by atoms with Gasteiger partial charge in [0.05, 0.1) is 24.6 Å². The van der Waals surface area contributed by atoms with Crippen molar-refractivity contribution in [3.63, 3.8) is 0 Å². The van der Waals surface area contributed by atoms with E-state index in [9.17, 15) is 18.0 Å². The number of ether oxygens (including phenoxy) is 1. The second-order valence-electron chi connectivity index (χ2n) is 5.47. The lowest BCUT2D eigenvalue weighted by molar-refractivity contribution is -0.116. The number of anilines is 2. The molecule has 140 valence electrons. The minimum Gasteiger partial charge on any atom is -0.465 e. The van der Waals surface area contributed by atoms with E-state index in [1.165, 1.54) is 19.2 Å². The maximum absolute atomic E-state index is 12.2. The summed E-state index contributed by atoms with van der Waals surface area (Å²) < 4.78 is 34.4. The first-order valence-corrected chi connectivity index (χ1v) is 9.45. The fourth-order valence-electron chi connectivity index (χ4n) is 2.22. The second kappa shape index (κ2) is 8.00. The molecule has 26 heavy (non-hydrogen) atoms. The van der Waals surface area contributed by atoms with E-state index in [0.717, 1.165) is 10.6 Å². The number of esters is 1. The van der Waals surface area contributed by atoms with Gasteiger partial charge in [-0.05, 0) is 19.1 Å². The van der Waals surface area contributed by atoms with Crippen LogP contribution in [0.5, 0.6) is 0 Å². The monoisotopic (exact) mass is 381 g/mol. The van der Waals surface area contributed by atoms with Gasteiger partial charge in [-0.2, -0.15) is 0 Å². The first-order chi connectivity index (χ1) is 12.2. The van der Waals surface area contributed by atoms with Crippen molar-refractivity contribution in [2.45, 2.75) is 13.3 Å². The molecule has 9 nitrogen and oxygen atoms in total. The molecule has 0 radical (unpaired) electrons. The van der Waals surface area contributed by atoms with Crippen LogP contribution in [0.2, 0.25) is 0 Å². The Morgan fingerprint density at radius 3 is 2.58 bits per heavy atom. The molecule has 1 aromatic carbocycles. The molecule has 0 atom stereocenters. The Bertz CT molecular complexity index is 906. The molecule has 10 heteroatoms. The standard InChI is InChI=1S/C16H19N3O6S/c1-11-10-14(18-25-11)19(26(3,22)23)9-8-15(20)17-13-7-5-4-6-12(13)16(21)24-2/h4-7,10H,8-9H2,1-3H3,(H,17,20). The van der Waals surface area contributed by atoms with Gasteiger partial charge in [-0.25, -0.2) is 13.2 Å². The number of rotatable bonds is 7. The van der Waals surface area contributed by atoms with Crippen LogP contribution < -0.4 is 9.62 Å². The van der Waals surface area contributed by atoms with Gasteiger partial charge in [0.2, 0.25) is 15.9 Å². The molecule has 0 unspecified atom stereocenters. The fourth-order valence-corrected chi connectivity index (χ4v) is 3.07. The summed E-state index contributed by atoms with van der Waals surface area (Å²) in [5, 5.41) is 6.26. The first kappa shape index (κ1) is 19.4. The third-order valence-corrected chi connectivity index (χ3v) is 4.59. The van der Waals surface area contributed by atoms with E-state index in [0.29, 0.717) is 5.76 Å². The number of amides is 1. The van der Waals surface area contributed by atoms with Crippen molar-refractivity contribution >= 4 is 33.4 Å². The molecule has 1 amide bonds. The lowest BCUT2D eigenvalue weighted by atomic mass is 10.1. The Balaban J connectivity index is 2.09. The van der Waals surface area contributed by atoms with Crippen LogP contribution in [-0.4, -0.2) is 45.4 Å². The van der Waals surface area contributed by atoms with Gasteiger partial charge in [-0.15, -0.1) is 0 Å². The number of carbonyl (C=O) groups is 2. The number of hydrogen-bond donors (Lipinski definition) is 1. The van der Waals surface area contributed by atoms with Crippen LogP contribution in [-0.2, 0) is 19.6 Å². The Hall–Kier alpha value is -2.88. The number of methoxy groups -OCH3 is 1. The molecule has 0 aliphatic heterocycles. The number of aryl methyl sites for hydroxylation is 1. The van der Waals surface area contributed by atoms with Crippen molar-refractivity contribution in [2.24, 2.45) is 0 Å². The van der Waals surface area contributed by atoms with Crippen LogP contribution in [0.25, 0.3) is 0 Å². The van der Waals surface area contributed by atoms with Crippen molar-refractivity contribution in [3.05, 3.63) is 41.7 Å². The molecule has 0 saturated heterocycles. The largest absolute Gasteiger partial charge is 0.465 e. The summed E-state index contributed by atoms with van der Waals surface area (Å²) >= 11 is 0. The Kier molecular flexibility index (Phi) is 5.98. The Labute approximate surface area is 151 Å². The molecule has 1 aromatic heterocycles. The third kappa shape index (κ3) is 4.82. The Morgan fingerprint density at radius 2 is 2.00 bits per heavy atom. The number of nitrogens with zero attached hydrogens (tertiary/aromatic N) is 2. The summed E-state index contributed by atoms with van der Waals surface area (Å²) in [6.45, 7) is 1.50. The molecular weight excluding hydrogens is 362 g/mol. The highest BCUT2D eigenvalue weighted by Gasteiger charge is 2.22. The number of carbonyl (C=O) groups excluding carboxylic acids is 2. The van der Waals surface area contributed by atoms with Gasteiger partial charge in [-0.1, -0.05) is 17.3 Å². The molecule has 0 aliphatic rings. The summed E-state index contributed by atoms with van der Waals surface area (Å²) in [7, 11) is -2.40. The van der Waals surface area contributed by atoms with Gasteiger partial charge in [-0.3, -0.25) is 9.10 Å². The highest BCUT2D eigenvalue weighted by Crippen LogP contribution is 2.19. The predicted octanol–water partition coefficient (Wildman–Crippen LogP) is 1.56. The molecule has 0 saturated carbocycles. The van der Waals surface area contributed by atoms with E-state index in [4.69, 9.17) is 4.52 Å². The third-order valence-electron chi connectivity index (χ3n) is 3.42. The molecule has 1 N–H and O–H groups in total. The number of para-hydroxylation sites is 1. The van der Waals surface area contributed by atoms with Gasteiger partial charge in [0.1, 0.15) is 5.76 Å². The predicted molar refractivity (Wildman–Crippen MR) is 94.5 cm³/mol. The number of nitrogens with one attached hydrogen (secondary N) is 1. The quantitative estimate of drug-likeness (QED) is 0.723. The van der Waals surface area contributed by atoms with Crippen LogP contribution in [0.15, 0.2) is 34.9 Å². The van der Waals surface area contributed by atoms with Gasteiger partial charge >= 0.3 is 5.97 Å². The van der Waals surface area contributed by atoms with Gasteiger partial charge in [0, 0.05) is 19.0 Å². The van der Waals surface area contributed by atoms with E-state index in [1.54, 1.807) is 25.1 Å². The first-order valence-electron chi connectivity index (χ1n) is 7.60. The average Bonchev–Trinajstić information content (AvgIpc) is 2.99. The SMILES string of the molecule is COC(=O)c1ccccc1NC(=O)CCN(c1cc(C)on1)S(C)(=O)=O. The lowest BCUT2D eigenvalue weighted by Gasteiger charge is -2.18. The fraction of sp³-hybridized carbons (Fsp3) is 0.312. The number of aromatic nitrogens is 1. The summed E-state index contributed by atoms with van der Waals surface area (Å²) in [5.74, 6) is -0.496. The minimum absolute atomic E-state index is 0.104. The molecule has 0 bridgehead atoms. The topological polar surface area (TPSA) is 119 Å². The van der Waals surface area contributed by atoms with Crippen molar-refractivity contribution < 1.29 is 27.3 Å². The molecule has 2 rings (SSSR count). The zero-order valence-electron chi connectivity index (χ0n) is 14.6. The maximum Gasteiger partial charge on any atom is 0.339 e. The zero-order valence-corrected chi connectivity index (χ0v) is 15.4. The van der Waals surface area contributed by atoms with E-state index in [1.807, 2.05) is 0 Å². The van der Waals surface area contributed by atoms with Gasteiger partial charge in [0.15, 0.2) is 5.82 Å².